The highest BCUT2D eigenvalue weighted by atomic mass is 35.5. The third-order valence-corrected chi connectivity index (χ3v) is 5.91. The van der Waals surface area contributed by atoms with E-state index in [0.717, 1.165) is 5.56 Å². The molecule has 2 atom stereocenters. The van der Waals surface area contributed by atoms with Gasteiger partial charge in [0.2, 0.25) is 5.91 Å². The smallest absolute Gasteiger partial charge is 0.264 e. The van der Waals surface area contributed by atoms with Crippen molar-refractivity contribution >= 4 is 29.1 Å². The number of rotatable bonds is 8. The third kappa shape index (κ3) is 4.66. The van der Waals surface area contributed by atoms with E-state index in [-0.39, 0.29) is 25.5 Å². The Hall–Kier alpha value is -2.67. The predicted molar refractivity (Wildman–Crippen MR) is 121 cm³/mol. The first-order chi connectivity index (χ1) is 14.8. The van der Waals surface area contributed by atoms with Crippen LogP contribution in [0.25, 0.3) is 0 Å². The number of anilines is 1. The van der Waals surface area contributed by atoms with E-state index in [9.17, 15) is 19.8 Å². The van der Waals surface area contributed by atoms with Gasteiger partial charge >= 0.3 is 0 Å². The van der Waals surface area contributed by atoms with Crippen molar-refractivity contribution in [1.29, 1.82) is 0 Å². The molecule has 0 aliphatic carbocycles. The van der Waals surface area contributed by atoms with Crippen LogP contribution in [0, 0.1) is 5.92 Å². The maximum atomic E-state index is 12.8. The SMILES string of the molecule is C[C@H](/C=C/CC(=O)N(CCO)Cc1ccccc1)[C@@]1(O)C(=O)N(C)c2ccc(Cl)cc21. The third-order valence-electron chi connectivity index (χ3n) is 5.68. The molecule has 0 saturated carbocycles. The second kappa shape index (κ2) is 9.64. The summed E-state index contributed by atoms with van der Waals surface area (Å²) in [5.74, 6) is -1.15. The highest BCUT2D eigenvalue weighted by Crippen LogP contribution is 2.45. The minimum Gasteiger partial charge on any atom is -0.395 e. The summed E-state index contributed by atoms with van der Waals surface area (Å²) in [7, 11) is 1.61. The number of halogens is 1. The molecule has 31 heavy (non-hydrogen) atoms. The van der Waals surface area contributed by atoms with E-state index in [4.69, 9.17) is 11.6 Å². The molecule has 1 heterocycles. The van der Waals surface area contributed by atoms with Crippen LogP contribution in [0.1, 0.15) is 24.5 Å². The van der Waals surface area contributed by atoms with Gasteiger partial charge in [0.15, 0.2) is 5.60 Å². The maximum Gasteiger partial charge on any atom is 0.264 e. The Kier molecular flexibility index (Phi) is 7.15. The molecule has 0 saturated heterocycles. The molecule has 2 aromatic rings. The first kappa shape index (κ1) is 23.0. The second-order valence-electron chi connectivity index (χ2n) is 7.74. The van der Waals surface area contributed by atoms with Crippen molar-refractivity contribution in [2.45, 2.75) is 25.5 Å². The quantitative estimate of drug-likeness (QED) is 0.615. The number of amides is 2. The number of hydrogen-bond donors (Lipinski definition) is 2. The number of carbonyl (C=O) groups excluding carboxylic acids is 2. The Morgan fingerprint density at radius 3 is 2.65 bits per heavy atom. The summed E-state index contributed by atoms with van der Waals surface area (Å²) < 4.78 is 0. The first-order valence-corrected chi connectivity index (χ1v) is 10.6. The number of nitrogens with zero attached hydrogens (tertiary/aromatic N) is 2. The van der Waals surface area contributed by atoms with Crippen LogP contribution >= 0.6 is 11.6 Å². The lowest BCUT2D eigenvalue weighted by Gasteiger charge is -2.27. The lowest BCUT2D eigenvalue weighted by Crippen LogP contribution is -2.43. The van der Waals surface area contributed by atoms with Gasteiger partial charge in [-0.15, -0.1) is 0 Å². The molecule has 0 spiro atoms. The van der Waals surface area contributed by atoms with Gasteiger partial charge in [0.05, 0.1) is 12.3 Å². The van der Waals surface area contributed by atoms with E-state index in [1.807, 2.05) is 30.3 Å². The topological polar surface area (TPSA) is 81.1 Å². The van der Waals surface area contributed by atoms with Crippen molar-refractivity contribution in [2.24, 2.45) is 5.92 Å². The zero-order valence-corrected chi connectivity index (χ0v) is 18.4. The van der Waals surface area contributed by atoms with E-state index in [1.165, 1.54) is 4.90 Å². The van der Waals surface area contributed by atoms with Crippen molar-refractivity contribution in [3.63, 3.8) is 0 Å². The van der Waals surface area contributed by atoms with Gasteiger partial charge < -0.3 is 20.0 Å². The van der Waals surface area contributed by atoms with Crippen LogP contribution in [0.2, 0.25) is 5.02 Å². The molecule has 6 nitrogen and oxygen atoms in total. The Balaban J connectivity index is 1.72. The Morgan fingerprint density at radius 2 is 1.97 bits per heavy atom. The van der Waals surface area contributed by atoms with Crippen LogP contribution in [0.5, 0.6) is 0 Å². The summed E-state index contributed by atoms with van der Waals surface area (Å²) in [4.78, 5) is 28.5. The number of likely N-dealkylation sites (N-methyl/N-ethyl adjacent to an activating group) is 1. The van der Waals surface area contributed by atoms with E-state index < -0.39 is 17.4 Å². The molecular weight excluding hydrogens is 416 g/mol. The molecular formula is C24H27ClN2O4. The average molecular weight is 443 g/mol. The van der Waals surface area contributed by atoms with Crippen molar-refractivity contribution in [3.8, 4) is 0 Å². The molecule has 2 N–H and O–H groups in total. The van der Waals surface area contributed by atoms with Gasteiger partial charge in [0, 0.05) is 43.1 Å². The van der Waals surface area contributed by atoms with Gasteiger partial charge in [-0.25, -0.2) is 0 Å². The number of aliphatic hydroxyl groups is 2. The molecule has 1 aliphatic heterocycles. The molecule has 2 aromatic carbocycles. The number of hydrogen-bond acceptors (Lipinski definition) is 4. The summed E-state index contributed by atoms with van der Waals surface area (Å²) >= 11 is 6.10. The molecule has 164 valence electrons. The van der Waals surface area contributed by atoms with Gasteiger partial charge in [-0.05, 0) is 23.8 Å². The molecule has 7 heteroatoms. The monoisotopic (exact) mass is 442 g/mol. The Labute approximate surface area is 187 Å². The maximum absolute atomic E-state index is 12.8. The molecule has 0 radical (unpaired) electrons. The summed E-state index contributed by atoms with van der Waals surface area (Å²) in [5, 5.41) is 21.1. The normalized spacial score (nSPS) is 19.0. The summed E-state index contributed by atoms with van der Waals surface area (Å²) in [6.45, 7) is 2.24. The minimum absolute atomic E-state index is 0.0969. The van der Waals surface area contributed by atoms with Crippen molar-refractivity contribution in [2.75, 3.05) is 25.1 Å². The van der Waals surface area contributed by atoms with Crippen LogP contribution in [-0.4, -0.2) is 47.1 Å². The highest BCUT2D eigenvalue weighted by Gasteiger charge is 2.51. The molecule has 0 bridgehead atoms. The van der Waals surface area contributed by atoms with E-state index in [0.29, 0.717) is 22.8 Å². The Bertz CT molecular complexity index is 979. The van der Waals surface area contributed by atoms with E-state index in [1.54, 1.807) is 49.2 Å². The molecule has 0 aromatic heterocycles. The van der Waals surface area contributed by atoms with Crippen LogP contribution in [-0.2, 0) is 21.7 Å². The van der Waals surface area contributed by atoms with Crippen LogP contribution in [0.15, 0.2) is 60.7 Å². The number of carbonyl (C=O) groups is 2. The van der Waals surface area contributed by atoms with Gasteiger partial charge in [-0.1, -0.05) is 61.0 Å². The van der Waals surface area contributed by atoms with Crippen molar-refractivity contribution < 1.29 is 19.8 Å². The number of aliphatic hydroxyl groups excluding tert-OH is 1. The average Bonchev–Trinajstić information content (AvgIpc) is 2.95. The first-order valence-electron chi connectivity index (χ1n) is 10.2. The Morgan fingerprint density at radius 1 is 1.26 bits per heavy atom. The summed E-state index contributed by atoms with van der Waals surface area (Å²) in [5.41, 5.74) is 0.305. The molecule has 0 unspecified atom stereocenters. The summed E-state index contributed by atoms with van der Waals surface area (Å²) in [6, 6.07) is 14.6. The minimum atomic E-state index is -1.75. The highest BCUT2D eigenvalue weighted by molar-refractivity contribution is 6.31. The van der Waals surface area contributed by atoms with E-state index >= 15 is 0 Å². The van der Waals surface area contributed by atoms with Crippen LogP contribution < -0.4 is 4.90 Å². The van der Waals surface area contributed by atoms with Gasteiger partial charge in [-0.2, -0.15) is 0 Å². The lowest BCUT2D eigenvalue weighted by atomic mass is 9.83. The zero-order valence-electron chi connectivity index (χ0n) is 17.7. The lowest BCUT2D eigenvalue weighted by molar-refractivity contribution is -0.139. The predicted octanol–water partition coefficient (Wildman–Crippen LogP) is 3.11. The number of benzene rings is 2. The molecule has 3 rings (SSSR count). The molecule has 2 amide bonds. The molecule has 1 aliphatic rings. The summed E-state index contributed by atoms with van der Waals surface area (Å²) in [6.07, 6.45) is 3.44. The van der Waals surface area contributed by atoms with Crippen LogP contribution in [0.4, 0.5) is 5.69 Å². The fourth-order valence-electron chi connectivity index (χ4n) is 3.88. The second-order valence-corrected chi connectivity index (χ2v) is 8.17. The standard InChI is InChI=1S/C24H27ClN2O4/c1-17(24(31)20-15-19(25)11-12-21(20)26(2)23(24)30)7-6-10-22(29)27(13-14-28)16-18-8-4-3-5-9-18/h3-9,11-12,15,17,28,31H,10,13-14,16H2,1-2H3/b7-6+/t17-,24+/m1/s1. The van der Waals surface area contributed by atoms with Crippen molar-refractivity contribution in [3.05, 3.63) is 76.8 Å². The van der Waals surface area contributed by atoms with Crippen molar-refractivity contribution in [1.82, 2.24) is 4.90 Å². The van der Waals surface area contributed by atoms with Gasteiger partial charge in [0.1, 0.15) is 0 Å². The fourth-order valence-corrected chi connectivity index (χ4v) is 4.06. The fraction of sp³-hybridized carbons (Fsp3) is 0.333. The number of fused-ring (bicyclic) bond motifs is 1. The molecule has 0 fully saturated rings. The largest absolute Gasteiger partial charge is 0.395 e. The van der Waals surface area contributed by atoms with Crippen LogP contribution in [0.3, 0.4) is 0 Å². The van der Waals surface area contributed by atoms with Gasteiger partial charge in [-0.3, -0.25) is 9.59 Å². The van der Waals surface area contributed by atoms with Gasteiger partial charge in [0.25, 0.3) is 5.91 Å². The zero-order chi connectivity index (χ0) is 22.6. The van der Waals surface area contributed by atoms with E-state index in [2.05, 4.69) is 0 Å².